The van der Waals surface area contributed by atoms with E-state index in [1.54, 1.807) is 0 Å². The van der Waals surface area contributed by atoms with Gasteiger partial charge in [-0.3, -0.25) is 9.59 Å². The topological polar surface area (TPSA) is 66.7 Å². The standard InChI is InChI=1S/C19H27N3O3/c1-19-11-5-6-12-22(15(19)9-10-16(23)21(19)2)18(24)17-13-7-3-4-8-14(13)25-20-17/h15H,3-12H2,1-2H3/t15-,19-/m0/s1. The number of amides is 2. The molecule has 0 saturated carbocycles. The normalized spacial score (nSPS) is 29.8. The molecule has 0 N–H and O–H groups in total. The molecule has 1 aromatic heterocycles. The molecule has 0 unspecified atom stereocenters. The van der Waals surface area contributed by atoms with E-state index in [2.05, 4.69) is 12.1 Å². The monoisotopic (exact) mass is 345 g/mol. The summed E-state index contributed by atoms with van der Waals surface area (Å²) in [6, 6.07) is 0.0566. The molecule has 2 fully saturated rings. The predicted octanol–water partition coefficient (Wildman–Crippen LogP) is 2.56. The second-order valence-electron chi connectivity index (χ2n) is 7.96. The molecule has 0 aromatic carbocycles. The van der Waals surface area contributed by atoms with E-state index < -0.39 is 0 Å². The maximum absolute atomic E-state index is 13.4. The molecule has 4 rings (SSSR count). The van der Waals surface area contributed by atoms with Crippen molar-refractivity contribution in [2.75, 3.05) is 13.6 Å². The molecular weight excluding hydrogens is 318 g/mol. The van der Waals surface area contributed by atoms with Crippen molar-refractivity contribution in [3.8, 4) is 0 Å². The van der Waals surface area contributed by atoms with Crippen LogP contribution in [0.5, 0.6) is 0 Å². The van der Waals surface area contributed by atoms with E-state index in [0.29, 0.717) is 12.1 Å². The molecule has 2 saturated heterocycles. The van der Waals surface area contributed by atoms with Gasteiger partial charge in [-0.25, -0.2) is 0 Å². The van der Waals surface area contributed by atoms with Crippen LogP contribution in [0.3, 0.4) is 0 Å². The second kappa shape index (κ2) is 6.15. The third kappa shape index (κ3) is 2.57. The molecule has 3 heterocycles. The third-order valence-corrected chi connectivity index (χ3v) is 6.61. The Hall–Kier alpha value is -1.85. The summed E-state index contributed by atoms with van der Waals surface area (Å²) in [4.78, 5) is 29.5. The van der Waals surface area contributed by atoms with Gasteiger partial charge in [-0.15, -0.1) is 0 Å². The highest BCUT2D eigenvalue weighted by molar-refractivity contribution is 5.94. The van der Waals surface area contributed by atoms with Crippen molar-refractivity contribution in [2.45, 2.75) is 76.3 Å². The maximum Gasteiger partial charge on any atom is 0.276 e. The first-order valence-corrected chi connectivity index (χ1v) is 9.57. The molecule has 6 nitrogen and oxygen atoms in total. The average molecular weight is 345 g/mol. The molecule has 2 atom stereocenters. The summed E-state index contributed by atoms with van der Waals surface area (Å²) < 4.78 is 5.47. The summed E-state index contributed by atoms with van der Waals surface area (Å²) in [5.74, 6) is 1.07. The van der Waals surface area contributed by atoms with Crippen LogP contribution < -0.4 is 0 Å². The van der Waals surface area contributed by atoms with Crippen molar-refractivity contribution < 1.29 is 14.1 Å². The Balaban J connectivity index is 1.67. The Kier molecular flexibility index (Phi) is 4.08. The van der Waals surface area contributed by atoms with Crippen molar-refractivity contribution in [3.63, 3.8) is 0 Å². The minimum atomic E-state index is -0.286. The predicted molar refractivity (Wildman–Crippen MR) is 92.2 cm³/mol. The van der Waals surface area contributed by atoms with Crippen LogP contribution in [0.4, 0.5) is 0 Å². The Morgan fingerprint density at radius 1 is 1.20 bits per heavy atom. The van der Waals surface area contributed by atoms with E-state index in [1.807, 2.05) is 16.8 Å². The van der Waals surface area contributed by atoms with Gasteiger partial charge in [0.15, 0.2) is 5.69 Å². The number of nitrogens with zero attached hydrogens (tertiary/aromatic N) is 3. The van der Waals surface area contributed by atoms with Crippen molar-refractivity contribution in [3.05, 3.63) is 17.0 Å². The maximum atomic E-state index is 13.4. The molecule has 3 aliphatic rings. The molecule has 25 heavy (non-hydrogen) atoms. The third-order valence-electron chi connectivity index (χ3n) is 6.61. The summed E-state index contributed by atoms with van der Waals surface area (Å²) >= 11 is 0. The Bertz CT molecular complexity index is 698. The first-order valence-electron chi connectivity index (χ1n) is 9.57. The molecule has 1 aliphatic carbocycles. The van der Waals surface area contributed by atoms with Crippen LogP contribution in [0.1, 0.15) is 73.7 Å². The molecule has 2 amide bonds. The molecule has 0 spiro atoms. The van der Waals surface area contributed by atoms with Crippen LogP contribution in [0, 0.1) is 0 Å². The van der Waals surface area contributed by atoms with E-state index in [0.717, 1.165) is 69.2 Å². The van der Waals surface area contributed by atoms with Crippen molar-refractivity contribution in [1.82, 2.24) is 15.0 Å². The van der Waals surface area contributed by atoms with Crippen LogP contribution in [0.2, 0.25) is 0 Å². The number of piperidine rings is 1. The molecule has 6 heteroatoms. The highest BCUT2D eigenvalue weighted by Gasteiger charge is 2.49. The lowest BCUT2D eigenvalue weighted by molar-refractivity contribution is -0.143. The Morgan fingerprint density at radius 2 is 2.00 bits per heavy atom. The number of fused-ring (bicyclic) bond motifs is 2. The number of likely N-dealkylation sites (tertiary alicyclic amines) is 2. The summed E-state index contributed by atoms with van der Waals surface area (Å²) in [6.07, 6.45) is 8.16. The molecule has 0 radical (unpaired) electrons. The SMILES string of the molecule is CN1C(=O)CC[C@@H]2N(C(=O)c3noc4c3CCCC4)CCCC[C@@]21C. The zero-order valence-corrected chi connectivity index (χ0v) is 15.2. The van der Waals surface area contributed by atoms with Crippen molar-refractivity contribution in [1.29, 1.82) is 0 Å². The lowest BCUT2D eigenvalue weighted by Crippen LogP contribution is -2.64. The zero-order valence-electron chi connectivity index (χ0n) is 15.2. The smallest absolute Gasteiger partial charge is 0.276 e. The van der Waals surface area contributed by atoms with Gasteiger partial charge >= 0.3 is 0 Å². The van der Waals surface area contributed by atoms with Crippen LogP contribution in [0.25, 0.3) is 0 Å². The van der Waals surface area contributed by atoms with Gasteiger partial charge in [-0.2, -0.15) is 0 Å². The molecule has 2 aliphatic heterocycles. The van der Waals surface area contributed by atoms with E-state index in [-0.39, 0.29) is 23.4 Å². The molecular formula is C19H27N3O3. The van der Waals surface area contributed by atoms with Gasteiger partial charge in [0.25, 0.3) is 5.91 Å². The number of aryl methyl sites for hydroxylation is 1. The van der Waals surface area contributed by atoms with E-state index in [9.17, 15) is 9.59 Å². The number of aromatic nitrogens is 1. The second-order valence-corrected chi connectivity index (χ2v) is 7.96. The summed E-state index contributed by atoms with van der Waals surface area (Å²) in [6.45, 7) is 2.88. The summed E-state index contributed by atoms with van der Waals surface area (Å²) in [5.41, 5.74) is 1.24. The van der Waals surface area contributed by atoms with Gasteiger partial charge in [0.2, 0.25) is 5.91 Å². The van der Waals surface area contributed by atoms with Crippen LogP contribution >= 0.6 is 0 Å². The summed E-state index contributed by atoms with van der Waals surface area (Å²) in [7, 11) is 1.89. The highest BCUT2D eigenvalue weighted by Crippen LogP contribution is 2.39. The lowest BCUT2D eigenvalue weighted by atomic mass is 9.79. The van der Waals surface area contributed by atoms with Gasteiger partial charge in [0.05, 0.1) is 11.6 Å². The van der Waals surface area contributed by atoms with E-state index in [4.69, 9.17) is 4.52 Å². The average Bonchev–Trinajstić information content (AvgIpc) is 2.96. The quantitative estimate of drug-likeness (QED) is 0.784. The largest absolute Gasteiger partial charge is 0.360 e. The Labute approximate surface area is 148 Å². The van der Waals surface area contributed by atoms with Gasteiger partial charge in [0, 0.05) is 32.0 Å². The fraction of sp³-hybridized carbons (Fsp3) is 0.737. The highest BCUT2D eigenvalue weighted by atomic mass is 16.5. The number of rotatable bonds is 1. The van der Waals surface area contributed by atoms with E-state index in [1.165, 1.54) is 0 Å². The molecule has 0 bridgehead atoms. The molecule has 1 aromatic rings. The Morgan fingerprint density at radius 3 is 2.84 bits per heavy atom. The minimum absolute atomic E-state index is 0.00669. The molecule has 136 valence electrons. The van der Waals surface area contributed by atoms with Gasteiger partial charge in [-0.1, -0.05) is 5.16 Å². The van der Waals surface area contributed by atoms with Gasteiger partial charge in [-0.05, 0) is 51.9 Å². The number of hydrogen-bond acceptors (Lipinski definition) is 4. The lowest BCUT2D eigenvalue weighted by Gasteiger charge is -2.50. The fourth-order valence-corrected chi connectivity index (χ4v) is 4.93. The first-order chi connectivity index (χ1) is 12.0. The van der Waals surface area contributed by atoms with Crippen LogP contribution in [-0.4, -0.2) is 51.9 Å². The zero-order chi connectivity index (χ0) is 17.6. The van der Waals surface area contributed by atoms with Crippen molar-refractivity contribution >= 4 is 11.8 Å². The van der Waals surface area contributed by atoms with Gasteiger partial charge in [0.1, 0.15) is 5.76 Å². The number of likely N-dealkylation sites (N-methyl/N-ethyl adjacent to an activating group) is 1. The first kappa shape index (κ1) is 16.6. The fourth-order valence-electron chi connectivity index (χ4n) is 4.93. The van der Waals surface area contributed by atoms with Gasteiger partial charge < -0.3 is 14.3 Å². The van der Waals surface area contributed by atoms with Crippen LogP contribution in [0.15, 0.2) is 4.52 Å². The minimum Gasteiger partial charge on any atom is -0.360 e. The van der Waals surface area contributed by atoms with Crippen LogP contribution in [-0.2, 0) is 17.6 Å². The number of carbonyl (C=O) groups excluding carboxylic acids is 2. The van der Waals surface area contributed by atoms with E-state index >= 15 is 0 Å². The number of hydrogen-bond donors (Lipinski definition) is 0. The summed E-state index contributed by atoms with van der Waals surface area (Å²) in [5, 5.41) is 4.15. The number of carbonyl (C=O) groups is 2. The van der Waals surface area contributed by atoms with Crippen molar-refractivity contribution in [2.24, 2.45) is 0 Å².